The van der Waals surface area contributed by atoms with Crippen LogP contribution in [-0.2, 0) is 25.5 Å². The van der Waals surface area contributed by atoms with Gasteiger partial charge in [-0.15, -0.1) is 0 Å². The Kier molecular flexibility index (Phi) is 9.71. The Labute approximate surface area is 215 Å². The van der Waals surface area contributed by atoms with Crippen molar-refractivity contribution in [2.24, 2.45) is 17.3 Å². The summed E-state index contributed by atoms with van der Waals surface area (Å²) in [6.45, 7) is 5.97. The number of carbonyl (C=O) groups is 3. The van der Waals surface area contributed by atoms with E-state index in [-0.39, 0.29) is 54.8 Å². The molecule has 36 heavy (non-hydrogen) atoms. The number of cyclic esters (lactones) is 1. The van der Waals surface area contributed by atoms with Crippen LogP contribution in [0.1, 0.15) is 71.3 Å². The minimum atomic E-state index is -0.568. The first-order valence-electron chi connectivity index (χ1n) is 13.2. The fourth-order valence-electron chi connectivity index (χ4n) is 4.99. The van der Waals surface area contributed by atoms with Gasteiger partial charge in [0, 0.05) is 6.42 Å². The number of nitrogens with one attached hydrogen (secondary N) is 2. The maximum atomic E-state index is 13.3. The highest BCUT2D eigenvalue weighted by molar-refractivity contribution is 5.86. The Morgan fingerprint density at radius 1 is 1.08 bits per heavy atom. The van der Waals surface area contributed by atoms with Gasteiger partial charge in [-0.2, -0.15) is 0 Å². The van der Waals surface area contributed by atoms with Gasteiger partial charge in [-0.3, -0.25) is 14.4 Å². The van der Waals surface area contributed by atoms with Gasteiger partial charge in [0.2, 0.25) is 11.8 Å². The molecule has 3 atom stereocenters. The summed E-state index contributed by atoms with van der Waals surface area (Å²) in [6.07, 6.45) is 8.80. The van der Waals surface area contributed by atoms with Gasteiger partial charge in [-0.05, 0) is 43.1 Å². The molecule has 0 unspecified atom stereocenters. The summed E-state index contributed by atoms with van der Waals surface area (Å²) in [5.74, 6) is -1.59. The zero-order valence-electron chi connectivity index (χ0n) is 21.9. The van der Waals surface area contributed by atoms with Crippen molar-refractivity contribution in [3.8, 4) is 0 Å². The van der Waals surface area contributed by atoms with E-state index in [0.717, 1.165) is 31.2 Å². The molecule has 198 valence electrons. The van der Waals surface area contributed by atoms with Crippen molar-refractivity contribution in [3.05, 3.63) is 48.0 Å². The lowest BCUT2D eigenvalue weighted by Gasteiger charge is -2.33. The summed E-state index contributed by atoms with van der Waals surface area (Å²) in [6, 6.07) is 9.48. The van der Waals surface area contributed by atoms with Crippen LogP contribution in [0.2, 0.25) is 0 Å². The van der Waals surface area contributed by atoms with Crippen molar-refractivity contribution in [1.29, 1.82) is 0 Å². The number of ether oxygens (including phenoxy) is 1. The van der Waals surface area contributed by atoms with Crippen molar-refractivity contribution in [2.45, 2.75) is 83.7 Å². The standard InChI is InChI=1S/C29H42N2O5/c1-28(2,3)24-19-36-27(35)23(17-21-11-5-4-6-12-21)14-8-7-13-22(26(34)30-24)18-25(33)31-29(20-32)15-9-10-16-29/h4-8,11-12,22-24,32H,9-10,13-20H2,1-3H3,(H,30,34)(H,31,33)/t22-,23+,24-/m1/s1. The van der Waals surface area contributed by atoms with Crippen LogP contribution in [0.25, 0.3) is 0 Å². The SMILES string of the molecule is CC(C)(C)[C@H]1COC(=O)[C@H](Cc2ccccc2)CC=CC[C@H](CC(=O)NC2(CO)CCCC2)C(=O)N1. The van der Waals surface area contributed by atoms with E-state index in [4.69, 9.17) is 4.74 Å². The Hall–Kier alpha value is -2.67. The van der Waals surface area contributed by atoms with Crippen LogP contribution in [-0.4, -0.2) is 47.7 Å². The van der Waals surface area contributed by atoms with Crippen LogP contribution in [0.3, 0.4) is 0 Å². The van der Waals surface area contributed by atoms with Gasteiger partial charge in [-0.1, -0.05) is 76.1 Å². The second-order valence-corrected chi connectivity index (χ2v) is 11.5. The molecule has 1 aliphatic carbocycles. The molecule has 1 fully saturated rings. The Balaban J connectivity index is 1.76. The second kappa shape index (κ2) is 12.5. The highest BCUT2D eigenvalue weighted by Crippen LogP contribution is 2.30. The molecule has 0 spiro atoms. The molecule has 0 bridgehead atoms. The molecule has 0 radical (unpaired) electrons. The molecule has 2 amide bonds. The molecule has 1 aromatic carbocycles. The average molecular weight is 499 g/mol. The number of rotatable bonds is 6. The third-order valence-electron chi connectivity index (χ3n) is 7.49. The summed E-state index contributed by atoms with van der Waals surface area (Å²) in [7, 11) is 0. The number of aliphatic hydroxyl groups is 1. The Morgan fingerprint density at radius 3 is 2.33 bits per heavy atom. The summed E-state index contributed by atoms with van der Waals surface area (Å²) in [4.78, 5) is 39.2. The summed E-state index contributed by atoms with van der Waals surface area (Å²) in [5.41, 5.74) is 0.157. The minimum Gasteiger partial charge on any atom is -0.463 e. The predicted molar refractivity (Wildman–Crippen MR) is 139 cm³/mol. The van der Waals surface area contributed by atoms with Gasteiger partial charge in [0.25, 0.3) is 0 Å². The zero-order valence-corrected chi connectivity index (χ0v) is 21.9. The van der Waals surface area contributed by atoms with Crippen molar-refractivity contribution in [1.82, 2.24) is 10.6 Å². The van der Waals surface area contributed by atoms with E-state index in [1.807, 2.05) is 63.3 Å². The van der Waals surface area contributed by atoms with Crippen molar-refractivity contribution < 1.29 is 24.2 Å². The fraction of sp³-hybridized carbons (Fsp3) is 0.621. The summed E-state index contributed by atoms with van der Waals surface area (Å²) in [5, 5.41) is 15.9. The lowest BCUT2D eigenvalue weighted by molar-refractivity contribution is -0.151. The number of hydrogen-bond donors (Lipinski definition) is 3. The highest BCUT2D eigenvalue weighted by atomic mass is 16.5. The molecule has 3 rings (SSSR count). The highest BCUT2D eigenvalue weighted by Gasteiger charge is 2.36. The topological polar surface area (TPSA) is 105 Å². The van der Waals surface area contributed by atoms with Crippen LogP contribution in [0.5, 0.6) is 0 Å². The van der Waals surface area contributed by atoms with Gasteiger partial charge in [0.05, 0.1) is 30.0 Å². The smallest absolute Gasteiger partial charge is 0.309 e. The monoisotopic (exact) mass is 498 g/mol. The van der Waals surface area contributed by atoms with E-state index in [1.54, 1.807) is 0 Å². The molecule has 7 nitrogen and oxygen atoms in total. The minimum absolute atomic E-state index is 0.0437. The molecule has 1 aromatic rings. The van der Waals surface area contributed by atoms with Gasteiger partial charge in [0.15, 0.2) is 0 Å². The predicted octanol–water partition coefficient (Wildman–Crippen LogP) is 3.70. The van der Waals surface area contributed by atoms with Gasteiger partial charge in [-0.25, -0.2) is 0 Å². The van der Waals surface area contributed by atoms with Crippen LogP contribution >= 0.6 is 0 Å². The number of esters is 1. The van der Waals surface area contributed by atoms with E-state index in [1.165, 1.54) is 0 Å². The molecular weight excluding hydrogens is 456 g/mol. The van der Waals surface area contributed by atoms with Crippen LogP contribution < -0.4 is 10.6 Å². The maximum absolute atomic E-state index is 13.3. The number of allylic oxidation sites excluding steroid dienone is 2. The van der Waals surface area contributed by atoms with E-state index in [0.29, 0.717) is 19.3 Å². The number of carbonyl (C=O) groups excluding carboxylic acids is 3. The molecule has 2 aliphatic rings. The molecule has 1 heterocycles. The first kappa shape index (κ1) is 27.9. The van der Waals surface area contributed by atoms with Crippen LogP contribution in [0.15, 0.2) is 42.5 Å². The largest absolute Gasteiger partial charge is 0.463 e. The number of benzene rings is 1. The van der Waals surface area contributed by atoms with E-state index < -0.39 is 11.5 Å². The molecule has 0 aromatic heterocycles. The quantitative estimate of drug-likeness (QED) is 0.410. The summed E-state index contributed by atoms with van der Waals surface area (Å²) >= 11 is 0. The van der Waals surface area contributed by atoms with Crippen LogP contribution in [0.4, 0.5) is 0 Å². The van der Waals surface area contributed by atoms with Gasteiger partial charge >= 0.3 is 5.97 Å². The number of amides is 2. The van der Waals surface area contributed by atoms with Crippen molar-refractivity contribution in [2.75, 3.05) is 13.2 Å². The average Bonchev–Trinajstić information content (AvgIpc) is 3.30. The molecule has 7 heteroatoms. The Morgan fingerprint density at radius 2 is 1.72 bits per heavy atom. The van der Waals surface area contributed by atoms with Gasteiger partial charge < -0.3 is 20.5 Å². The zero-order chi connectivity index (χ0) is 26.2. The third-order valence-corrected chi connectivity index (χ3v) is 7.49. The first-order chi connectivity index (χ1) is 17.1. The van der Waals surface area contributed by atoms with Crippen molar-refractivity contribution in [3.63, 3.8) is 0 Å². The first-order valence-corrected chi connectivity index (χ1v) is 13.2. The molecule has 0 saturated heterocycles. The maximum Gasteiger partial charge on any atom is 0.309 e. The molecule has 1 saturated carbocycles. The van der Waals surface area contributed by atoms with Gasteiger partial charge in [0.1, 0.15) is 6.61 Å². The fourth-order valence-corrected chi connectivity index (χ4v) is 4.99. The molecule has 3 N–H and O–H groups in total. The molecular formula is C29H42N2O5. The number of hydrogen-bond acceptors (Lipinski definition) is 5. The van der Waals surface area contributed by atoms with E-state index in [9.17, 15) is 19.5 Å². The normalized spacial score (nSPS) is 25.3. The Bertz CT molecular complexity index is 915. The lowest BCUT2D eigenvalue weighted by atomic mass is 9.86. The van der Waals surface area contributed by atoms with Crippen LogP contribution in [0, 0.1) is 17.3 Å². The number of aliphatic hydroxyl groups excluding tert-OH is 1. The van der Waals surface area contributed by atoms with Crippen molar-refractivity contribution >= 4 is 17.8 Å². The molecule has 1 aliphatic heterocycles. The third kappa shape index (κ3) is 7.92. The van der Waals surface area contributed by atoms with E-state index >= 15 is 0 Å². The summed E-state index contributed by atoms with van der Waals surface area (Å²) < 4.78 is 5.73. The second-order valence-electron chi connectivity index (χ2n) is 11.5. The van der Waals surface area contributed by atoms with E-state index in [2.05, 4.69) is 10.6 Å². The lowest BCUT2D eigenvalue weighted by Crippen LogP contribution is -2.52.